The summed E-state index contributed by atoms with van der Waals surface area (Å²) in [5.74, 6) is 0.439. The molecule has 22 heavy (non-hydrogen) atoms. The van der Waals surface area contributed by atoms with Crippen molar-refractivity contribution in [2.24, 2.45) is 10.9 Å². The van der Waals surface area contributed by atoms with Crippen molar-refractivity contribution in [1.82, 2.24) is 0 Å². The van der Waals surface area contributed by atoms with Crippen LogP contribution >= 0.6 is 0 Å². The quantitative estimate of drug-likeness (QED) is 0.663. The van der Waals surface area contributed by atoms with Gasteiger partial charge in [-0.1, -0.05) is 29.4 Å². The van der Waals surface area contributed by atoms with Gasteiger partial charge in [0.1, 0.15) is 5.60 Å². The predicted octanol–water partition coefficient (Wildman–Crippen LogP) is 3.18. The molecule has 1 fully saturated rings. The second-order valence-electron chi connectivity index (χ2n) is 7.46. The number of nitrogens with zero attached hydrogens (tertiary/aromatic N) is 1. The number of aliphatic hydroxyl groups excluding tert-OH is 1. The van der Waals surface area contributed by atoms with Gasteiger partial charge in [-0.2, -0.15) is 0 Å². The van der Waals surface area contributed by atoms with E-state index in [9.17, 15) is 5.11 Å². The molecule has 0 aromatic heterocycles. The lowest BCUT2D eigenvalue weighted by molar-refractivity contribution is 0.000955. The highest BCUT2D eigenvalue weighted by molar-refractivity contribution is 5.98. The molecule has 2 atom stereocenters. The zero-order valence-corrected chi connectivity index (χ0v) is 14.1. The van der Waals surface area contributed by atoms with Crippen LogP contribution in [0, 0.1) is 0 Å². The summed E-state index contributed by atoms with van der Waals surface area (Å²) >= 11 is 0. The minimum absolute atomic E-state index is 0.0670. The normalized spacial score (nSPS) is 26.3. The molecular formula is C18H28N2O2. The Morgan fingerprint density at radius 1 is 1.36 bits per heavy atom. The molecule has 0 saturated heterocycles. The summed E-state index contributed by atoms with van der Waals surface area (Å²) in [6, 6.07) is 8.43. The first-order valence-corrected chi connectivity index (χ1v) is 7.95. The maximum absolute atomic E-state index is 9.38. The lowest BCUT2D eigenvalue weighted by Gasteiger charge is -2.21. The standard InChI is InChI=1S/C18H28N2O2/c1-13(20-22-17(2,3)4)14-5-7-15(8-6-14)16-9-10-18(19,11-16)12-21/h5-8,16,21H,9-12,19H2,1-4H3/b20-13+/t16-,18-/m1/s1. The van der Waals surface area contributed by atoms with Crippen LogP contribution in [0.4, 0.5) is 0 Å². The Balaban J connectivity index is 2.05. The van der Waals surface area contributed by atoms with Gasteiger partial charge in [-0.25, -0.2) is 0 Å². The molecule has 0 spiro atoms. The summed E-state index contributed by atoms with van der Waals surface area (Å²) in [6.45, 7) is 7.96. The SMILES string of the molecule is C/C(=N\OC(C)(C)C)c1ccc([C@@H]2CC[C@](N)(CO)C2)cc1. The Hall–Kier alpha value is -1.39. The van der Waals surface area contributed by atoms with Gasteiger partial charge in [-0.3, -0.25) is 0 Å². The zero-order valence-electron chi connectivity index (χ0n) is 14.1. The van der Waals surface area contributed by atoms with E-state index in [4.69, 9.17) is 10.6 Å². The van der Waals surface area contributed by atoms with Gasteiger partial charge < -0.3 is 15.7 Å². The molecule has 0 amide bonds. The van der Waals surface area contributed by atoms with E-state index in [0.717, 1.165) is 30.5 Å². The van der Waals surface area contributed by atoms with Gasteiger partial charge in [0.25, 0.3) is 0 Å². The van der Waals surface area contributed by atoms with Crippen LogP contribution in [0.2, 0.25) is 0 Å². The predicted molar refractivity (Wildman–Crippen MR) is 90.1 cm³/mol. The average Bonchev–Trinajstić information content (AvgIpc) is 2.87. The number of aliphatic hydroxyl groups is 1. The van der Waals surface area contributed by atoms with Crippen molar-refractivity contribution in [3.63, 3.8) is 0 Å². The molecule has 4 nitrogen and oxygen atoms in total. The monoisotopic (exact) mass is 304 g/mol. The van der Waals surface area contributed by atoms with Gasteiger partial charge in [-0.15, -0.1) is 0 Å². The number of hydrogen-bond acceptors (Lipinski definition) is 4. The maximum atomic E-state index is 9.38. The maximum Gasteiger partial charge on any atom is 0.129 e. The third-order valence-electron chi connectivity index (χ3n) is 4.21. The van der Waals surface area contributed by atoms with E-state index in [1.54, 1.807) is 0 Å². The van der Waals surface area contributed by atoms with Crippen molar-refractivity contribution in [2.75, 3.05) is 6.61 Å². The van der Waals surface area contributed by atoms with Gasteiger partial charge in [0.05, 0.1) is 12.3 Å². The topological polar surface area (TPSA) is 67.8 Å². The molecule has 3 N–H and O–H groups in total. The molecule has 0 aliphatic heterocycles. The van der Waals surface area contributed by atoms with Crippen LogP contribution in [0.25, 0.3) is 0 Å². The zero-order chi connectivity index (χ0) is 16.4. The second-order valence-corrected chi connectivity index (χ2v) is 7.46. The van der Waals surface area contributed by atoms with Crippen LogP contribution < -0.4 is 5.73 Å². The summed E-state index contributed by atoms with van der Waals surface area (Å²) in [5, 5.41) is 13.6. The fraction of sp³-hybridized carbons (Fsp3) is 0.611. The van der Waals surface area contributed by atoms with Crippen LogP contribution in [0.15, 0.2) is 29.4 Å². The molecular weight excluding hydrogens is 276 g/mol. The minimum atomic E-state index is -0.402. The van der Waals surface area contributed by atoms with Gasteiger partial charge in [0.15, 0.2) is 0 Å². The van der Waals surface area contributed by atoms with Crippen molar-refractivity contribution in [3.8, 4) is 0 Å². The Morgan fingerprint density at radius 2 is 2.00 bits per heavy atom. The van der Waals surface area contributed by atoms with Gasteiger partial charge in [0.2, 0.25) is 0 Å². The van der Waals surface area contributed by atoms with E-state index in [1.807, 2.05) is 27.7 Å². The highest BCUT2D eigenvalue weighted by Gasteiger charge is 2.35. The number of nitrogens with two attached hydrogens (primary N) is 1. The third-order valence-corrected chi connectivity index (χ3v) is 4.21. The van der Waals surface area contributed by atoms with Crippen molar-refractivity contribution >= 4 is 5.71 Å². The van der Waals surface area contributed by atoms with Gasteiger partial charge >= 0.3 is 0 Å². The highest BCUT2D eigenvalue weighted by atomic mass is 16.6. The van der Waals surface area contributed by atoms with E-state index in [1.165, 1.54) is 5.56 Å². The minimum Gasteiger partial charge on any atom is -0.394 e. The van der Waals surface area contributed by atoms with Gasteiger partial charge in [0, 0.05) is 5.54 Å². The number of oxime groups is 1. The van der Waals surface area contributed by atoms with Gasteiger partial charge in [-0.05, 0) is 64.0 Å². The first-order chi connectivity index (χ1) is 10.2. The van der Waals surface area contributed by atoms with Crippen LogP contribution in [0.5, 0.6) is 0 Å². The Kier molecular flexibility index (Phi) is 4.93. The largest absolute Gasteiger partial charge is 0.394 e. The summed E-state index contributed by atoms with van der Waals surface area (Å²) in [7, 11) is 0. The molecule has 2 rings (SSSR count). The second kappa shape index (κ2) is 6.39. The molecule has 0 radical (unpaired) electrons. The Morgan fingerprint density at radius 3 is 2.50 bits per heavy atom. The highest BCUT2D eigenvalue weighted by Crippen LogP contribution is 2.39. The molecule has 1 aromatic rings. The van der Waals surface area contributed by atoms with Crippen LogP contribution in [0.3, 0.4) is 0 Å². The molecule has 122 valence electrons. The molecule has 1 aliphatic carbocycles. The number of hydrogen-bond donors (Lipinski definition) is 2. The van der Waals surface area contributed by atoms with Crippen LogP contribution in [-0.4, -0.2) is 28.6 Å². The summed E-state index contributed by atoms with van der Waals surface area (Å²) in [6.07, 6.45) is 2.77. The molecule has 0 bridgehead atoms. The molecule has 1 aliphatic rings. The summed E-state index contributed by atoms with van der Waals surface area (Å²) in [4.78, 5) is 5.46. The van der Waals surface area contributed by atoms with E-state index in [2.05, 4.69) is 29.4 Å². The lowest BCUT2D eigenvalue weighted by Crippen LogP contribution is -2.40. The summed E-state index contributed by atoms with van der Waals surface area (Å²) < 4.78 is 0. The molecule has 0 unspecified atom stereocenters. The van der Waals surface area contributed by atoms with Crippen molar-refractivity contribution < 1.29 is 9.94 Å². The Labute approximate surface area is 133 Å². The third kappa shape index (κ3) is 4.31. The first-order valence-electron chi connectivity index (χ1n) is 7.95. The van der Waals surface area contributed by atoms with E-state index in [0.29, 0.717) is 5.92 Å². The van der Waals surface area contributed by atoms with Crippen molar-refractivity contribution in [2.45, 2.75) is 64.0 Å². The number of benzene rings is 1. The first kappa shape index (κ1) is 17.0. The van der Waals surface area contributed by atoms with Crippen molar-refractivity contribution in [3.05, 3.63) is 35.4 Å². The van der Waals surface area contributed by atoms with Crippen LogP contribution in [-0.2, 0) is 4.84 Å². The molecule has 4 heteroatoms. The van der Waals surface area contributed by atoms with E-state index >= 15 is 0 Å². The molecule has 1 saturated carbocycles. The van der Waals surface area contributed by atoms with E-state index < -0.39 is 5.54 Å². The van der Waals surface area contributed by atoms with E-state index in [-0.39, 0.29) is 12.2 Å². The summed E-state index contributed by atoms with van der Waals surface area (Å²) in [5.41, 5.74) is 8.70. The average molecular weight is 304 g/mol. The number of rotatable bonds is 4. The van der Waals surface area contributed by atoms with Crippen LogP contribution in [0.1, 0.15) is 64.0 Å². The molecule has 0 heterocycles. The fourth-order valence-electron chi connectivity index (χ4n) is 2.84. The molecule has 1 aromatic carbocycles. The smallest absolute Gasteiger partial charge is 0.129 e. The Bertz CT molecular complexity index is 531. The van der Waals surface area contributed by atoms with Crippen molar-refractivity contribution in [1.29, 1.82) is 0 Å². The lowest BCUT2D eigenvalue weighted by atomic mass is 9.93. The fourth-order valence-corrected chi connectivity index (χ4v) is 2.84.